The zero-order valence-corrected chi connectivity index (χ0v) is 11.3. The van der Waals surface area contributed by atoms with E-state index in [-0.39, 0.29) is 5.75 Å². The zero-order valence-electron chi connectivity index (χ0n) is 10.5. The highest BCUT2D eigenvalue weighted by Gasteiger charge is 2.17. The number of aromatic nitrogens is 4. The number of benzene rings is 1. The molecule has 0 saturated heterocycles. The largest absolute Gasteiger partial charge is 0.434 e. The summed E-state index contributed by atoms with van der Waals surface area (Å²) in [6, 6.07) is 6.13. The van der Waals surface area contributed by atoms with Gasteiger partial charge in [-0.2, -0.15) is 19.0 Å². The van der Waals surface area contributed by atoms with E-state index in [0.717, 1.165) is 0 Å². The molecule has 0 aliphatic heterocycles. The lowest BCUT2D eigenvalue weighted by Gasteiger charge is -2.11. The number of nitrogens with zero attached hydrogens (tertiary/aromatic N) is 3. The summed E-state index contributed by atoms with van der Waals surface area (Å²) in [7, 11) is 0. The number of alkyl halides is 2. The monoisotopic (exact) mass is 310 g/mol. The Morgan fingerprint density at radius 2 is 2.19 bits per heavy atom. The molecule has 0 fully saturated rings. The number of rotatable bonds is 4. The van der Waals surface area contributed by atoms with Gasteiger partial charge in [0.15, 0.2) is 0 Å². The molecule has 0 aliphatic rings. The number of hydrogen-bond donors (Lipinski definition) is 1. The molecule has 0 atom stereocenters. The molecule has 0 amide bonds. The van der Waals surface area contributed by atoms with Crippen molar-refractivity contribution in [2.45, 2.75) is 6.61 Å². The van der Waals surface area contributed by atoms with Gasteiger partial charge in [-0.05, 0) is 24.3 Å². The zero-order chi connectivity index (χ0) is 14.8. The van der Waals surface area contributed by atoms with Crippen molar-refractivity contribution in [3.8, 4) is 22.7 Å². The smallest absolute Gasteiger partial charge is 0.387 e. The van der Waals surface area contributed by atoms with Crippen LogP contribution in [0, 0.1) is 0 Å². The predicted octanol–water partition coefficient (Wildman–Crippen LogP) is 3.52. The molecule has 0 bridgehead atoms. The second kappa shape index (κ2) is 5.53. The van der Waals surface area contributed by atoms with Crippen LogP contribution in [0.25, 0.3) is 16.9 Å². The topological polar surface area (TPSA) is 55.7 Å². The van der Waals surface area contributed by atoms with E-state index >= 15 is 0 Å². The van der Waals surface area contributed by atoms with Crippen LogP contribution in [0.15, 0.2) is 42.9 Å². The minimum absolute atomic E-state index is 0.00653. The number of hydrogen-bond acceptors (Lipinski definition) is 3. The van der Waals surface area contributed by atoms with Crippen LogP contribution in [-0.2, 0) is 0 Å². The number of nitrogens with one attached hydrogen (secondary N) is 1. The van der Waals surface area contributed by atoms with Gasteiger partial charge in [0, 0.05) is 23.0 Å². The summed E-state index contributed by atoms with van der Waals surface area (Å²) in [6.45, 7) is -2.93. The standard InChI is InChI=1S/C13H9ClF2N4O/c14-8-2-3-11(21-13(15)16)9(6-8)12-10(7-17-19-12)20-5-1-4-18-20/h1-7,13H,(H,17,19). The van der Waals surface area contributed by atoms with E-state index in [9.17, 15) is 8.78 Å². The molecule has 21 heavy (non-hydrogen) atoms. The molecule has 0 saturated carbocycles. The van der Waals surface area contributed by atoms with Crippen LogP contribution in [0.5, 0.6) is 5.75 Å². The Balaban J connectivity index is 2.13. The van der Waals surface area contributed by atoms with Crippen LogP contribution in [0.1, 0.15) is 0 Å². The molecule has 0 radical (unpaired) electrons. The van der Waals surface area contributed by atoms with Gasteiger partial charge in [0.2, 0.25) is 0 Å². The average Bonchev–Trinajstić information content (AvgIpc) is 3.09. The normalized spacial score (nSPS) is 11.0. The Morgan fingerprint density at radius 3 is 2.90 bits per heavy atom. The molecule has 0 spiro atoms. The van der Waals surface area contributed by atoms with Crippen molar-refractivity contribution in [2.24, 2.45) is 0 Å². The van der Waals surface area contributed by atoms with Gasteiger partial charge >= 0.3 is 6.61 Å². The molecule has 2 aromatic heterocycles. The Bertz CT molecular complexity index is 742. The highest BCUT2D eigenvalue weighted by Crippen LogP contribution is 2.35. The van der Waals surface area contributed by atoms with Crippen molar-refractivity contribution >= 4 is 11.6 Å². The fraction of sp³-hybridized carbons (Fsp3) is 0.0769. The van der Waals surface area contributed by atoms with E-state index in [1.165, 1.54) is 24.4 Å². The fourth-order valence-electron chi connectivity index (χ4n) is 1.96. The highest BCUT2D eigenvalue weighted by atomic mass is 35.5. The first kappa shape index (κ1) is 13.6. The first-order valence-corrected chi connectivity index (χ1v) is 6.31. The Kier molecular flexibility index (Phi) is 3.57. The maximum Gasteiger partial charge on any atom is 0.387 e. The van der Waals surface area contributed by atoms with Crippen LogP contribution in [0.2, 0.25) is 5.02 Å². The van der Waals surface area contributed by atoms with Crippen molar-refractivity contribution in [2.75, 3.05) is 0 Å². The van der Waals surface area contributed by atoms with Gasteiger partial charge in [-0.25, -0.2) is 4.68 Å². The van der Waals surface area contributed by atoms with Crippen molar-refractivity contribution in [1.29, 1.82) is 0 Å². The molecule has 2 heterocycles. The number of H-pyrrole nitrogens is 1. The van der Waals surface area contributed by atoms with Gasteiger partial charge in [0.25, 0.3) is 0 Å². The van der Waals surface area contributed by atoms with E-state index in [4.69, 9.17) is 11.6 Å². The molecule has 8 heteroatoms. The Morgan fingerprint density at radius 1 is 1.33 bits per heavy atom. The number of halogens is 3. The summed E-state index contributed by atoms with van der Waals surface area (Å²) >= 11 is 5.95. The van der Waals surface area contributed by atoms with Gasteiger partial charge in [0.1, 0.15) is 11.4 Å². The summed E-state index contributed by atoms with van der Waals surface area (Å²) < 4.78 is 31.1. The molecule has 3 rings (SSSR count). The summed E-state index contributed by atoms with van der Waals surface area (Å²) in [4.78, 5) is 0. The molecule has 0 aliphatic carbocycles. The molecular formula is C13H9ClF2N4O. The van der Waals surface area contributed by atoms with Gasteiger partial charge in [-0.15, -0.1) is 0 Å². The second-order valence-corrected chi connectivity index (χ2v) is 4.54. The van der Waals surface area contributed by atoms with E-state index in [0.29, 0.717) is 22.0 Å². The molecule has 5 nitrogen and oxygen atoms in total. The average molecular weight is 311 g/mol. The molecule has 1 N–H and O–H groups in total. The van der Waals surface area contributed by atoms with E-state index in [2.05, 4.69) is 20.0 Å². The first-order valence-electron chi connectivity index (χ1n) is 5.93. The fourth-order valence-corrected chi connectivity index (χ4v) is 2.13. The maximum absolute atomic E-state index is 12.5. The molecular weight excluding hydrogens is 302 g/mol. The third-order valence-electron chi connectivity index (χ3n) is 2.80. The van der Waals surface area contributed by atoms with Gasteiger partial charge in [0.05, 0.1) is 11.9 Å². The minimum Gasteiger partial charge on any atom is -0.434 e. The van der Waals surface area contributed by atoms with E-state index in [1.807, 2.05) is 0 Å². The maximum atomic E-state index is 12.5. The molecule has 3 aromatic rings. The number of aromatic amines is 1. The van der Waals surface area contributed by atoms with Gasteiger partial charge < -0.3 is 4.74 Å². The third-order valence-corrected chi connectivity index (χ3v) is 3.03. The second-order valence-electron chi connectivity index (χ2n) is 4.10. The quantitative estimate of drug-likeness (QED) is 0.802. The first-order chi connectivity index (χ1) is 10.1. The predicted molar refractivity (Wildman–Crippen MR) is 72.8 cm³/mol. The molecule has 0 unspecified atom stereocenters. The van der Waals surface area contributed by atoms with Crippen LogP contribution in [0.3, 0.4) is 0 Å². The van der Waals surface area contributed by atoms with Crippen molar-refractivity contribution in [3.63, 3.8) is 0 Å². The van der Waals surface area contributed by atoms with Gasteiger partial charge in [-0.3, -0.25) is 5.10 Å². The van der Waals surface area contributed by atoms with Crippen molar-refractivity contribution in [1.82, 2.24) is 20.0 Å². The lowest BCUT2D eigenvalue weighted by molar-refractivity contribution is -0.0494. The lowest BCUT2D eigenvalue weighted by atomic mass is 10.1. The van der Waals surface area contributed by atoms with Crippen LogP contribution in [-0.4, -0.2) is 26.6 Å². The third kappa shape index (κ3) is 2.73. The highest BCUT2D eigenvalue weighted by molar-refractivity contribution is 6.31. The van der Waals surface area contributed by atoms with Crippen molar-refractivity contribution in [3.05, 3.63) is 47.9 Å². The van der Waals surface area contributed by atoms with Crippen LogP contribution >= 0.6 is 11.6 Å². The van der Waals surface area contributed by atoms with E-state index in [1.54, 1.807) is 23.1 Å². The van der Waals surface area contributed by atoms with Crippen LogP contribution < -0.4 is 4.74 Å². The Labute approximate surface area is 123 Å². The minimum atomic E-state index is -2.93. The van der Waals surface area contributed by atoms with Crippen molar-refractivity contribution < 1.29 is 13.5 Å². The summed E-state index contributed by atoms with van der Waals surface area (Å²) in [6.07, 6.45) is 4.85. The van der Waals surface area contributed by atoms with E-state index < -0.39 is 6.61 Å². The lowest BCUT2D eigenvalue weighted by Crippen LogP contribution is -2.04. The summed E-state index contributed by atoms with van der Waals surface area (Å²) in [5.74, 6) is 0.00653. The molecule has 108 valence electrons. The summed E-state index contributed by atoms with van der Waals surface area (Å²) in [5, 5.41) is 11.2. The number of ether oxygens (including phenoxy) is 1. The molecule has 1 aromatic carbocycles. The van der Waals surface area contributed by atoms with Crippen LogP contribution in [0.4, 0.5) is 8.78 Å². The Hall–Kier alpha value is -2.41. The van der Waals surface area contributed by atoms with Gasteiger partial charge in [-0.1, -0.05) is 11.6 Å². The summed E-state index contributed by atoms with van der Waals surface area (Å²) in [5.41, 5.74) is 1.46. The SMILES string of the molecule is FC(F)Oc1ccc(Cl)cc1-c1[nH]ncc1-n1cccn1.